The van der Waals surface area contributed by atoms with Crippen molar-refractivity contribution in [1.29, 1.82) is 5.26 Å². The van der Waals surface area contributed by atoms with Crippen molar-refractivity contribution < 1.29 is 38.5 Å². The van der Waals surface area contributed by atoms with Gasteiger partial charge in [0.05, 0.1) is 31.3 Å². The van der Waals surface area contributed by atoms with Crippen LogP contribution in [0, 0.1) is 16.9 Å². The molecule has 9 nitrogen and oxygen atoms in total. The molecule has 0 N–H and O–H groups in total. The molecule has 216 valence electrons. The number of hydrogen-bond acceptors (Lipinski definition) is 7. The monoisotopic (exact) mass is 587 g/mol. The number of ether oxygens (including phenoxy) is 2. The van der Waals surface area contributed by atoms with Crippen molar-refractivity contribution in [2.24, 2.45) is 5.41 Å². The molecule has 0 aliphatic carbocycles. The number of nitriles is 1. The lowest BCUT2D eigenvalue weighted by Crippen LogP contribution is -2.68. The molecule has 3 saturated heterocycles. The Balaban J connectivity index is 1.59. The predicted molar refractivity (Wildman–Crippen MR) is 134 cm³/mol. The summed E-state index contributed by atoms with van der Waals surface area (Å²) in [6, 6.07) is 2.42. The molecule has 1 aromatic carbocycles. The number of likely N-dealkylation sites (tertiary alicyclic amines) is 2. The molecule has 1 spiro atoms. The molecule has 3 fully saturated rings. The molecule has 2 amide bonds. The van der Waals surface area contributed by atoms with Crippen molar-refractivity contribution in [3.05, 3.63) is 54.4 Å². The minimum Gasteiger partial charge on any atom is -0.380 e. The van der Waals surface area contributed by atoms with Gasteiger partial charge in [-0.2, -0.15) is 5.26 Å². The highest BCUT2D eigenvalue weighted by molar-refractivity contribution is 8.45. The third-order valence-electron chi connectivity index (χ3n) is 7.48. The normalized spacial score (nSPS) is 24.2. The summed E-state index contributed by atoms with van der Waals surface area (Å²) in [6.45, 7) is 1.75. The fourth-order valence-corrected chi connectivity index (χ4v) is 6.00. The Morgan fingerprint density at radius 2 is 1.85 bits per heavy atom. The Hall–Kier alpha value is -3.48. The largest absolute Gasteiger partial charge is 0.380 e. The average Bonchev–Trinajstić information content (AvgIpc) is 3.28. The molecular formula is C25H26F5N5O4S. The summed E-state index contributed by atoms with van der Waals surface area (Å²) < 4.78 is 77.9. The van der Waals surface area contributed by atoms with E-state index in [1.54, 1.807) is 0 Å². The molecule has 1 aromatic heterocycles. The van der Waals surface area contributed by atoms with Crippen LogP contribution in [0.4, 0.5) is 25.1 Å². The van der Waals surface area contributed by atoms with Crippen LogP contribution in [0.25, 0.3) is 0 Å². The van der Waals surface area contributed by atoms with Crippen LogP contribution in [0.5, 0.6) is 0 Å². The van der Waals surface area contributed by atoms with Crippen molar-refractivity contribution in [3.63, 3.8) is 0 Å². The Bertz CT molecular complexity index is 1350. The highest BCUT2D eigenvalue weighted by atomic mass is 32.5. The van der Waals surface area contributed by atoms with Gasteiger partial charge in [0.25, 0.3) is 11.8 Å². The number of pyridine rings is 1. The van der Waals surface area contributed by atoms with E-state index in [1.165, 1.54) is 41.4 Å². The van der Waals surface area contributed by atoms with Crippen LogP contribution >= 0.6 is 10.2 Å². The fourth-order valence-electron chi connectivity index (χ4n) is 5.35. The first-order valence-electron chi connectivity index (χ1n) is 12.3. The number of rotatable bonds is 7. The standard InChI is InChI=1S/C25H26F5N5O4S/c1-38-19-9-21(33(11-19)16-31)23(36)35(18-4-6-20(7-5-18)40(26,27,28,29)30)22(17-3-2-8-32-10-17)24(37)34-12-25(13-34)14-39-15-25/h2-8,10,19,21-22H,9,11-15H2,1H3/t19-,21-,22?/m1/s1. The molecule has 0 radical (unpaired) electrons. The maximum atomic E-state index is 14.1. The molecule has 15 heteroatoms. The smallest absolute Gasteiger partial charge is 0.310 e. The van der Waals surface area contributed by atoms with Crippen LogP contribution in [0.1, 0.15) is 18.0 Å². The van der Waals surface area contributed by atoms with Crippen molar-refractivity contribution >= 4 is 27.7 Å². The summed E-state index contributed by atoms with van der Waals surface area (Å²) >= 11 is 0. The zero-order chi connectivity index (χ0) is 29.0. The summed E-state index contributed by atoms with van der Waals surface area (Å²) in [5.41, 5.74) is -0.144. The van der Waals surface area contributed by atoms with E-state index in [0.29, 0.717) is 26.3 Å². The quantitative estimate of drug-likeness (QED) is 0.353. The van der Waals surface area contributed by atoms with Gasteiger partial charge in [0.2, 0.25) is 0 Å². The number of aromatic nitrogens is 1. The first kappa shape index (κ1) is 28.1. The molecule has 2 aromatic rings. The minimum atomic E-state index is -10.0. The van der Waals surface area contributed by atoms with Gasteiger partial charge in [-0.3, -0.25) is 24.4 Å². The SMILES string of the molecule is CO[C@@H]1C[C@H](C(=O)N(c2ccc(S(F)(F)(F)(F)F)cc2)C(C(=O)N2CC3(COC3)C2)c2cccnc2)N(C#N)C1. The number of carbonyl (C=O) groups is 2. The molecular weight excluding hydrogens is 561 g/mol. The highest BCUT2D eigenvalue weighted by Crippen LogP contribution is 3.02. The number of carbonyl (C=O) groups excluding carboxylic acids is 2. The summed E-state index contributed by atoms with van der Waals surface area (Å²) in [7, 11) is -8.59. The van der Waals surface area contributed by atoms with E-state index in [1.807, 2.05) is 6.19 Å². The van der Waals surface area contributed by atoms with Gasteiger partial charge in [-0.1, -0.05) is 25.5 Å². The lowest BCUT2D eigenvalue weighted by Gasteiger charge is -2.55. The summed E-state index contributed by atoms with van der Waals surface area (Å²) in [6.07, 6.45) is 4.30. The Morgan fingerprint density at radius 3 is 2.35 bits per heavy atom. The fraction of sp³-hybridized carbons (Fsp3) is 0.440. The second-order valence-electron chi connectivity index (χ2n) is 10.4. The van der Waals surface area contributed by atoms with Gasteiger partial charge < -0.3 is 14.4 Å². The molecule has 40 heavy (non-hydrogen) atoms. The third-order valence-corrected chi connectivity index (χ3v) is 8.64. The number of benzene rings is 1. The molecule has 5 rings (SSSR count). The third kappa shape index (κ3) is 5.18. The zero-order valence-corrected chi connectivity index (χ0v) is 22.1. The second-order valence-corrected chi connectivity index (χ2v) is 12.8. The average molecular weight is 588 g/mol. The lowest BCUT2D eigenvalue weighted by molar-refractivity contribution is -0.196. The van der Waals surface area contributed by atoms with E-state index in [4.69, 9.17) is 9.47 Å². The lowest BCUT2D eigenvalue weighted by atomic mass is 9.77. The zero-order valence-electron chi connectivity index (χ0n) is 21.3. The van der Waals surface area contributed by atoms with Crippen molar-refractivity contribution in [2.45, 2.75) is 29.5 Å². The Kier molecular flexibility index (Phi) is 6.32. The summed E-state index contributed by atoms with van der Waals surface area (Å²) in [5, 5.41) is 9.67. The van der Waals surface area contributed by atoms with Crippen LogP contribution in [-0.2, 0) is 19.1 Å². The number of amides is 2. The van der Waals surface area contributed by atoms with Gasteiger partial charge >= 0.3 is 10.2 Å². The Morgan fingerprint density at radius 1 is 1.18 bits per heavy atom. The highest BCUT2D eigenvalue weighted by Gasteiger charge is 2.65. The maximum Gasteiger partial charge on any atom is 0.310 e. The van der Waals surface area contributed by atoms with Gasteiger partial charge in [-0.05, 0) is 30.3 Å². The minimum absolute atomic E-state index is 0.0705. The summed E-state index contributed by atoms with van der Waals surface area (Å²) in [5.74, 6) is -1.30. The van der Waals surface area contributed by atoms with E-state index in [9.17, 15) is 34.3 Å². The van der Waals surface area contributed by atoms with Gasteiger partial charge in [-0.15, -0.1) is 0 Å². The van der Waals surface area contributed by atoms with E-state index in [2.05, 4.69) is 4.98 Å². The van der Waals surface area contributed by atoms with E-state index in [0.717, 1.165) is 17.0 Å². The maximum absolute atomic E-state index is 14.1. The van der Waals surface area contributed by atoms with E-state index >= 15 is 0 Å². The van der Waals surface area contributed by atoms with E-state index in [-0.39, 0.29) is 41.8 Å². The van der Waals surface area contributed by atoms with Gasteiger partial charge in [0.15, 0.2) is 6.19 Å². The number of anilines is 1. The first-order chi connectivity index (χ1) is 18.6. The molecule has 1 unspecified atom stereocenters. The number of methoxy groups -OCH3 is 1. The molecule has 0 bridgehead atoms. The topological polar surface area (TPSA) is 99.0 Å². The van der Waals surface area contributed by atoms with Gasteiger partial charge in [0.1, 0.15) is 17.0 Å². The number of nitrogens with zero attached hydrogens (tertiary/aromatic N) is 5. The molecule has 3 aliphatic rings. The molecule has 3 atom stereocenters. The Labute approximate surface area is 226 Å². The molecule has 0 saturated carbocycles. The van der Waals surface area contributed by atoms with Crippen molar-refractivity contribution in [2.75, 3.05) is 44.9 Å². The van der Waals surface area contributed by atoms with Crippen LogP contribution in [0.3, 0.4) is 0 Å². The second kappa shape index (κ2) is 9.02. The number of hydrogen-bond donors (Lipinski definition) is 0. The van der Waals surface area contributed by atoms with Crippen LogP contribution < -0.4 is 4.90 Å². The van der Waals surface area contributed by atoms with Gasteiger partial charge in [-0.25, -0.2) is 0 Å². The first-order valence-corrected chi connectivity index (χ1v) is 14.2. The van der Waals surface area contributed by atoms with Crippen molar-refractivity contribution in [1.82, 2.24) is 14.8 Å². The van der Waals surface area contributed by atoms with Crippen LogP contribution in [0.15, 0.2) is 53.7 Å². The predicted octanol–water partition coefficient (Wildman–Crippen LogP) is 4.24. The molecule has 3 aliphatic heterocycles. The molecule has 4 heterocycles. The van der Waals surface area contributed by atoms with E-state index < -0.39 is 45.1 Å². The van der Waals surface area contributed by atoms with Crippen LogP contribution in [0.2, 0.25) is 0 Å². The van der Waals surface area contributed by atoms with Crippen LogP contribution in [-0.4, -0.2) is 78.7 Å². The summed E-state index contributed by atoms with van der Waals surface area (Å²) in [4.78, 5) is 33.7. The number of halogens is 5. The van der Waals surface area contributed by atoms with Crippen molar-refractivity contribution in [3.8, 4) is 6.19 Å². The van der Waals surface area contributed by atoms with Gasteiger partial charge in [0, 0.05) is 50.3 Å².